The summed E-state index contributed by atoms with van der Waals surface area (Å²) in [6, 6.07) is 4.90. The van der Waals surface area contributed by atoms with Gasteiger partial charge in [-0.2, -0.15) is 0 Å². The number of hydrogen-bond acceptors (Lipinski definition) is 5. The summed E-state index contributed by atoms with van der Waals surface area (Å²) in [6.45, 7) is 0. The van der Waals surface area contributed by atoms with Gasteiger partial charge in [-0.1, -0.05) is 23.2 Å². The molecule has 3 N–H and O–H groups in total. The van der Waals surface area contributed by atoms with Crippen LogP contribution in [0.1, 0.15) is 0 Å². The van der Waals surface area contributed by atoms with Gasteiger partial charge < -0.3 is 15.5 Å². The third-order valence-corrected chi connectivity index (χ3v) is 2.83. The van der Waals surface area contributed by atoms with E-state index >= 15 is 0 Å². The zero-order valence-electron chi connectivity index (χ0n) is 10.0. The van der Waals surface area contributed by atoms with Crippen LogP contribution in [0.3, 0.4) is 0 Å². The van der Waals surface area contributed by atoms with E-state index in [4.69, 9.17) is 33.2 Å². The molecule has 2 heterocycles. The Balaban J connectivity index is 0.000000370. The van der Waals surface area contributed by atoms with Crippen molar-refractivity contribution in [1.82, 2.24) is 9.97 Å². The van der Waals surface area contributed by atoms with Crippen LogP contribution in [0.4, 0.5) is 8.78 Å². The zero-order valence-corrected chi connectivity index (χ0v) is 13.1. The average molecular weight is 403 g/mol. The SMILES string of the molecule is Fc1ccc(Br)nc1Cl.OB(O)c1ccc(F)c(Cl)n1.[OH-]. The highest BCUT2D eigenvalue weighted by atomic mass is 79.9. The van der Waals surface area contributed by atoms with Crippen molar-refractivity contribution in [2.45, 2.75) is 0 Å². The van der Waals surface area contributed by atoms with E-state index in [1.54, 1.807) is 0 Å². The summed E-state index contributed by atoms with van der Waals surface area (Å²) in [5.74, 6) is -1.18. The first kappa shape index (κ1) is 20.2. The van der Waals surface area contributed by atoms with Gasteiger partial charge >= 0.3 is 7.12 Å². The van der Waals surface area contributed by atoms with E-state index in [0.717, 1.165) is 12.1 Å². The minimum absolute atomic E-state index is 0. The summed E-state index contributed by atoms with van der Waals surface area (Å²) < 4.78 is 25.2. The Morgan fingerprint density at radius 1 is 0.952 bits per heavy atom. The van der Waals surface area contributed by atoms with Crippen molar-refractivity contribution in [2.24, 2.45) is 0 Å². The Kier molecular flexibility index (Phi) is 8.87. The smallest absolute Gasteiger partial charge is 0.508 e. The van der Waals surface area contributed by atoms with Gasteiger partial charge in [-0.25, -0.2) is 18.7 Å². The predicted octanol–water partition coefficient (Wildman–Crippen LogP) is 2.01. The number of rotatable bonds is 1. The maximum atomic E-state index is 12.4. The molecule has 2 aromatic heterocycles. The lowest BCUT2D eigenvalue weighted by Gasteiger charge is -1.98. The second-order valence-corrected chi connectivity index (χ2v) is 4.82. The molecule has 0 fully saturated rings. The van der Waals surface area contributed by atoms with E-state index < -0.39 is 18.8 Å². The molecule has 0 aliphatic heterocycles. The van der Waals surface area contributed by atoms with Crippen LogP contribution in [-0.2, 0) is 0 Å². The van der Waals surface area contributed by atoms with Crippen LogP contribution in [0, 0.1) is 11.6 Å². The fraction of sp³-hybridized carbons (Fsp3) is 0. The van der Waals surface area contributed by atoms with Crippen molar-refractivity contribution in [3.05, 3.63) is 50.8 Å². The predicted molar refractivity (Wildman–Crippen MR) is 77.9 cm³/mol. The van der Waals surface area contributed by atoms with Crippen LogP contribution in [0.25, 0.3) is 0 Å². The Hall–Kier alpha value is -0.835. The molecule has 0 aliphatic rings. The Labute approximate surface area is 137 Å². The minimum Gasteiger partial charge on any atom is -0.870 e. The highest BCUT2D eigenvalue weighted by molar-refractivity contribution is 9.10. The lowest BCUT2D eigenvalue weighted by molar-refractivity contribution is 0.424. The van der Waals surface area contributed by atoms with Gasteiger partial charge in [0.15, 0.2) is 21.9 Å². The lowest BCUT2D eigenvalue weighted by atomic mass is 9.86. The molecular formula is C10H7BBrCl2F2N2O3-. The van der Waals surface area contributed by atoms with Gasteiger partial charge in [0.25, 0.3) is 0 Å². The van der Waals surface area contributed by atoms with Crippen molar-refractivity contribution in [3.63, 3.8) is 0 Å². The molecule has 0 amide bonds. The summed E-state index contributed by atoms with van der Waals surface area (Å²) in [6.07, 6.45) is 0. The molecule has 0 radical (unpaired) electrons. The van der Waals surface area contributed by atoms with E-state index in [-0.39, 0.29) is 21.4 Å². The molecule has 0 aliphatic carbocycles. The van der Waals surface area contributed by atoms with Gasteiger partial charge in [-0.05, 0) is 40.2 Å². The number of nitrogens with zero attached hydrogens (tertiary/aromatic N) is 2. The third kappa shape index (κ3) is 6.64. The second kappa shape index (κ2) is 9.24. The van der Waals surface area contributed by atoms with Crippen LogP contribution < -0.4 is 5.59 Å². The highest BCUT2D eigenvalue weighted by Gasteiger charge is 2.14. The van der Waals surface area contributed by atoms with Crippen molar-refractivity contribution in [3.8, 4) is 0 Å². The fourth-order valence-electron chi connectivity index (χ4n) is 0.970. The van der Waals surface area contributed by atoms with Crippen molar-refractivity contribution < 1.29 is 24.3 Å². The molecule has 0 saturated carbocycles. The van der Waals surface area contributed by atoms with E-state index in [0.29, 0.717) is 4.60 Å². The van der Waals surface area contributed by atoms with Gasteiger partial charge in [0.1, 0.15) is 4.60 Å². The number of halogens is 5. The molecule has 0 atom stereocenters. The first-order valence-electron chi connectivity index (χ1n) is 4.97. The largest absolute Gasteiger partial charge is 0.870 e. The lowest BCUT2D eigenvalue weighted by Crippen LogP contribution is -2.32. The Morgan fingerprint density at radius 2 is 1.43 bits per heavy atom. The number of hydrogen-bond donors (Lipinski definition) is 2. The first-order valence-corrected chi connectivity index (χ1v) is 6.51. The zero-order chi connectivity index (χ0) is 15.3. The molecule has 0 bridgehead atoms. The maximum absolute atomic E-state index is 12.4. The van der Waals surface area contributed by atoms with E-state index in [1.807, 2.05) is 0 Å². The van der Waals surface area contributed by atoms with E-state index in [9.17, 15) is 8.78 Å². The van der Waals surface area contributed by atoms with Gasteiger partial charge in [0, 0.05) is 0 Å². The molecule has 2 aromatic rings. The molecule has 5 nitrogen and oxygen atoms in total. The highest BCUT2D eigenvalue weighted by Crippen LogP contribution is 2.14. The van der Waals surface area contributed by atoms with Gasteiger partial charge in [-0.3, -0.25) is 0 Å². The summed E-state index contributed by atoms with van der Waals surface area (Å²) in [4.78, 5) is 6.94. The van der Waals surface area contributed by atoms with E-state index in [1.165, 1.54) is 12.1 Å². The van der Waals surface area contributed by atoms with Crippen LogP contribution in [0.2, 0.25) is 10.3 Å². The molecule has 0 spiro atoms. The van der Waals surface area contributed by atoms with Crippen LogP contribution in [-0.4, -0.2) is 32.6 Å². The maximum Gasteiger partial charge on any atom is 0.508 e. The monoisotopic (exact) mass is 401 g/mol. The Morgan fingerprint density at radius 3 is 1.81 bits per heavy atom. The van der Waals surface area contributed by atoms with Crippen LogP contribution in [0.15, 0.2) is 28.9 Å². The molecule has 0 aromatic carbocycles. The fourth-order valence-corrected chi connectivity index (χ4v) is 1.70. The molecule has 2 rings (SSSR count). The second-order valence-electron chi connectivity index (χ2n) is 3.29. The van der Waals surface area contributed by atoms with Crippen LogP contribution in [0.5, 0.6) is 0 Å². The quantitative estimate of drug-likeness (QED) is 0.562. The molecule has 114 valence electrons. The van der Waals surface area contributed by atoms with Crippen molar-refractivity contribution >= 4 is 51.8 Å². The normalized spacial score (nSPS) is 9.29. The summed E-state index contributed by atoms with van der Waals surface area (Å²) in [7, 11) is -1.71. The first-order chi connectivity index (χ1) is 9.31. The topological polar surface area (TPSA) is 96.2 Å². The summed E-state index contributed by atoms with van der Waals surface area (Å²) >= 11 is 13.6. The third-order valence-electron chi connectivity index (χ3n) is 1.86. The molecule has 0 saturated heterocycles. The molecule has 11 heteroatoms. The summed E-state index contributed by atoms with van der Waals surface area (Å²) in [5, 5.41) is 16.6. The average Bonchev–Trinajstić information content (AvgIpc) is 2.38. The standard InChI is InChI=1S/C5H4BClFNO2.C5H2BrClFN.H2O/c7-5-3(8)1-2-4(9-5)6(10)11;6-4-2-1-3(8)5(7)9-4;/h1-2,10-11H;1-2H;1H2/p-1. The number of aromatic nitrogens is 2. The van der Waals surface area contributed by atoms with Gasteiger partial charge in [-0.15, -0.1) is 0 Å². The van der Waals surface area contributed by atoms with Gasteiger partial charge in [0.05, 0.1) is 5.59 Å². The van der Waals surface area contributed by atoms with E-state index in [2.05, 4.69) is 25.9 Å². The summed E-state index contributed by atoms with van der Waals surface area (Å²) in [5.41, 5.74) is -0.0728. The van der Waals surface area contributed by atoms with Gasteiger partial charge in [0.2, 0.25) is 0 Å². The van der Waals surface area contributed by atoms with Crippen molar-refractivity contribution in [2.75, 3.05) is 0 Å². The Bertz CT molecular complexity index is 611. The molecule has 0 unspecified atom stereocenters. The van der Waals surface area contributed by atoms with Crippen LogP contribution >= 0.6 is 39.1 Å². The molecular weight excluding hydrogens is 396 g/mol. The number of pyridine rings is 2. The van der Waals surface area contributed by atoms with Crippen molar-refractivity contribution in [1.29, 1.82) is 0 Å². The minimum atomic E-state index is -1.71. The molecule has 21 heavy (non-hydrogen) atoms.